The summed E-state index contributed by atoms with van der Waals surface area (Å²) >= 11 is 0. The Morgan fingerprint density at radius 2 is 1.81 bits per heavy atom. The number of likely N-dealkylation sites (N-methyl/N-ethyl adjacent to an activating group) is 1. The molecular weight excluding hydrogens is 571 g/mol. The minimum Gasteiger partial charge on any atom is -0.510 e. The van der Waals surface area contributed by atoms with Crippen LogP contribution in [0.4, 0.5) is 13.2 Å². The highest BCUT2D eigenvalue weighted by Gasteiger charge is 2.63. The van der Waals surface area contributed by atoms with Crippen molar-refractivity contribution in [2.75, 3.05) is 27.2 Å². The molecule has 0 saturated carbocycles. The number of Topliss-reactive ketones (excluding diaryl/α,β-unsaturated/α-hetero) is 2. The van der Waals surface area contributed by atoms with Crippen molar-refractivity contribution in [1.29, 1.82) is 0 Å². The second-order valence-electron chi connectivity index (χ2n) is 12.3. The highest BCUT2D eigenvalue weighted by molar-refractivity contribution is 6.24. The number of benzene rings is 1. The minimum absolute atomic E-state index is 0.125. The van der Waals surface area contributed by atoms with E-state index in [-0.39, 0.29) is 18.5 Å². The van der Waals surface area contributed by atoms with E-state index in [0.717, 1.165) is 12.5 Å². The number of aliphatic hydroxyl groups excluding tert-OH is 2. The fourth-order valence-corrected chi connectivity index (χ4v) is 6.90. The molecule has 0 bridgehead atoms. The molecule has 0 heterocycles. The Morgan fingerprint density at radius 3 is 2.33 bits per heavy atom. The van der Waals surface area contributed by atoms with Gasteiger partial charge in [-0.25, -0.2) is 0 Å². The van der Waals surface area contributed by atoms with Crippen molar-refractivity contribution < 1.29 is 48.0 Å². The lowest BCUT2D eigenvalue weighted by molar-refractivity contribution is -0.148. The van der Waals surface area contributed by atoms with Crippen LogP contribution in [0.25, 0.3) is 0 Å². The number of phenolic OH excluding ortho intramolecular Hbond substituents is 1. The number of amides is 1. The van der Waals surface area contributed by atoms with Crippen molar-refractivity contribution in [3.63, 3.8) is 0 Å². The summed E-state index contributed by atoms with van der Waals surface area (Å²) < 4.78 is 44.2. The molecule has 0 fully saturated rings. The van der Waals surface area contributed by atoms with E-state index in [1.54, 1.807) is 0 Å². The van der Waals surface area contributed by atoms with E-state index < -0.39 is 98.7 Å². The lowest BCUT2D eigenvalue weighted by atomic mass is 9.58. The molecule has 3 aliphatic rings. The van der Waals surface area contributed by atoms with E-state index in [1.807, 2.05) is 25.7 Å². The van der Waals surface area contributed by atoms with E-state index >= 15 is 0 Å². The highest BCUT2D eigenvalue weighted by Crippen LogP contribution is 2.54. The third-order valence-corrected chi connectivity index (χ3v) is 8.95. The molecule has 1 aromatic carbocycles. The maximum absolute atomic E-state index is 14.7. The number of nitrogens with two attached hydrogens (primary N) is 1. The van der Waals surface area contributed by atoms with E-state index in [0.29, 0.717) is 19.0 Å². The fourth-order valence-electron chi connectivity index (χ4n) is 6.90. The molecule has 4 atom stereocenters. The average Bonchev–Trinajstić information content (AvgIpc) is 2.87. The number of halogens is 3. The van der Waals surface area contributed by atoms with Gasteiger partial charge in [0.15, 0.2) is 11.4 Å². The second-order valence-corrected chi connectivity index (χ2v) is 12.3. The molecule has 0 radical (unpaired) electrons. The first-order valence-corrected chi connectivity index (χ1v) is 14.2. The van der Waals surface area contributed by atoms with E-state index in [4.69, 9.17) is 5.73 Å². The Kier molecular flexibility index (Phi) is 8.50. The Balaban J connectivity index is 1.91. The van der Waals surface area contributed by atoms with Crippen molar-refractivity contribution in [1.82, 2.24) is 9.80 Å². The number of fused-ring (bicyclic) bond motifs is 3. The Bertz CT molecular complexity index is 1430. The van der Waals surface area contributed by atoms with Gasteiger partial charge in [-0.05, 0) is 75.5 Å². The quantitative estimate of drug-likeness (QED) is 0.279. The molecule has 0 saturated heterocycles. The van der Waals surface area contributed by atoms with Gasteiger partial charge in [-0.2, -0.15) is 13.2 Å². The number of aromatic hydroxyl groups is 1. The highest BCUT2D eigenvalue weighted by atomic mass is 19.4. The van der Waals surface area contributed by atoms with Gasteiger partial charge in [0.05, 0.1) is 17.2 Å². The van der Waals surface area contributed by atoms with Gasteiger partial charge in [-0.1, -0.05) is 20.8 Å². The van der Waals surface area contributed by atoms with Crippen molar-refractivity contribution >= 4 is 17.5 Å². The molecular formula is C30H38F3N3O7. The first-order chi connectivity index (χ1) is 19.9. The summed E-state index contributed by atoms with van der Waals surface area (Å²) in [7, 11) is 2.94. The summed E-state index contributed by atoms with van der Waals surface area (Å²) in [6.45, 7) is 6.67. The zero-order valence-corrected chi connectivity index (χ0v) is 24.7. The number of allylic oxidation sites excluding steroid dienone is 1. The van der Waals surface area contributed by atoms with Crippen LogP contribution in [0.15, 0.2) is 28.7 Å². The van der Waals surface area contributed by atoms with Crippen LogP contribution in [0, 0.1) is 17.8 Å². The zero-order valence-electron chi connectivity index (χ0n) is 24.7. The molecule has 0 aliphatic heterocycles. The monoisotopic (exact) mass is 609 g/mol. The van der Waals surface area contributed by atoms with Crippen LogP contribution in [-0.2, 0) is 28.7 Å². The molecule has 10 nitrogen and oxygen atoms in total. The molecule has 1 aromatic rings. The SMILES string of the molecule is CCN(CCC(C)C)Cc1cc(O)c2c(c1C(F)(F)F)C[C@H]1C[C@H]3[C@H](N(C)C)C(O)=C(C(N)=O)C(=O)[C@@]3(O)C(O)=C1C2=O. The summed E-state index contributed by atoms with van der Waals surface area (Å²) in [4.78, 5) is 42.5. The third kappa shape index (κ3) is 5.21. The summed E-state index contributed by atoms with van der Waals surface area (Å²) in [5.74, 6) is -8.67. The Morgan fingerprint density at radius 1 is 1.19 bits per heavy atom. The number of phenols is 1. The van der Waals surface area contributed by atoms with Crippen molar-refractivity contribution in [2.45, 2.75) is 64.4 Å². The molecule has 236 valence electrons. The molecule has 3 aliphatic carbocycles. The van der Waals surface area contributed by atoms with Gasteiger partial charge in [-0.3, -0.25) is 24.2 Å². The van der Waals surface area contributed by atoms with E-state index in [2.05, 4.69) is 0 Å². The normalized spacial score (nSPS) is 25.9. The topological polar surface area (TPSA) is 165 Å². The second kappa shape index (κ2) is 11.3. The number of alkyl halides is 3. The molecule has 0 unspecified atom stereocenters. The minimum atomic E-state index is -4.89. The standard InChI is InChI=1S/C30H38F3N3O7/c1-6-36(8-7-13(2)3)12-15-11-18(37)20-16(22(15)30(31,32)33)9-14-10-17-23(35(4)5)25(39)21(28(34)42)27(41)29(17,43)26(40)19(14)24(20)38/h11,13-14,17,23,37,39-40,43H,6-10,12H2,1-5H3,(H2,34,42)/t14-,17-,23-,29-/m0/s1. The number of aliphatic hydroxyl groups is 3. The van der Waals surface area contributed by atoms with Crippen LogP contribution in [0.5, 0.6) is 5.75 Å². The van der Waals surface area contributed by atoms with Crippen LogP contribution in [0.3, 0.4) is 0 Å². The predicted octanol–water partition coefficient (Wildman–Crippen LogP) is 3.01. The van der Waals surface area contributed by atoms with Gasteiger partial charge < -0.3 is 26.2 Å². The summed E-state index contributed by atoms with van der Waals surface area (Å²) in [6, 6.07) is -0.332. The van der Waals surface area contributed by atoms with Crippen molar-refractivity contribution in [3.05, 3.63) is 51.0 Å². The number of carbonyl (C=O) groups is 3. The molecule has 6 N–H and O–H groups in total. The summed E-state index contributed by atoms with van der Waals surface area (Å²) in [5.41, 5.74) is -1.36. The molecule has 0 aromatic heterocycles. The van der Waals surface area contributed by atoms with E-state index in [9.17, 15) is 48.0 Å². The summed E-state index contributed by atoms with van der Waals surface area (Å²) in [5, 5.41) is 44.8. The van der Waals surface area contributed by atoms with E-state index in [1.165, 1.54) is 19.0 Å². The lowest BCUT2D eigenvalue weighted by Crippen LogP contribution is -2.63. The van der Waals surface area contributed by atoms with Gasteiger partial charge in [-0.15, -0.1) is 0 Å². The maximum Gasteiger partial charge on any atom is 0.417 e. The van der Waals surface area contributed by atoms with Crippen molar-refractivity contribution in [2.24, 2.45) is 23.5 Å². The van der Waals surface area contributed by atoms with Crippen LogP contribution >= 0.6 is 0 Å². The molecule has 4 rings (SSSR count). The van der Waals surface area contributed by atoms with Gasteiger partial charge in [0.1, 0.15) is 22.8 Å². The first kappa shape index (κ1) is 32.5. The molecule has 43 heavy (non-hydrogen) atoms. The van der Waals surface area contributed by atoms with Gasteiger partial charge in [0, 0.05) is 18.0 Å². The number of hydrogen-bond donors (Lipinski definition) is 5. The largest absolute Gasteiger partial charge is 0.510 e. The number of hydrogen-bond acceptors (Lipinski definition) is 9. The van der Waals surface area contributed by atoms with Gasteiger partial charge in [0.25, 0.3) is 5.91 Å². The molecule has 1 amide bonds. The fraction of sp³-hybridized carbons (Fsp3) is 0.567. The van der Waals surface area contributed by atoms with Crippen LogP contribution < -0.4 is 5.73 Å². The zero-order chi connectivity index (χ0) is 32.3. The lowest BCUT2D eigenvalue weighted by Gasteiger charge is -2.50. The van der Waals surface area contributed by atoms with Crippen LogP contribution in [-0.4, -0.2) is 86.5 Å². The third-order valence-electron chi connectivity index (χ3n) is 8.95. The average molecular weight is 610 g/mol. The van der Waals surface area contributed by atoms with Gasteiger partial charge in [0.2, 0.25) is 5.78 Å². The number of nitrogens with zero attached hydrogens (tertiary/aromatic N) is 2. The van der Waals surface area contributed by atoms with Crippen LogP contribution in [0.2, 0.25) is 0 Å². The molecule has 13 heteroatoms. The number of primary amides is 1. The first-order valence-electron chi connectivity index (χ1n) is 14.2. The van der Waals surface area contributed by atoms with Crippen LogP contribution in [0.1, 0.15) is 60.7 Å². The smallest absolute Gasteiger partial charge is 0.417 e. The number of rotatable bonds is 8. The Labute approximate surface area is 247 Å². The Hall–Kier alpha value is -3.42. The number of ketones is 2. The predicted molar refractivity (Wildman–Crippen MR) is 149 cm³/mol. The summed E-state index contributed by atoms with van der Waals surface area (Å²) in [6.07, 6.45) is -4.89. The maximum atomic E-state index is 14.7. The molecule has 0 spiro atoms. The van der Waals surface area contributed by atoms with Gasteiger partial charge >= 0.3 is 6.18 Å². The number of carbonyl (C=O) groups excluding carboxylic acids is 3. The van der Waals surface area contributed by atoms with Crippen molar-refractivity contribution in [3.8, 4) is 5.75 Å².